The van der Waals surface area contributed by atoms with Crippen LogP contribution in [0.4, 0.5) is 23.1 Å². The van der Waals surface area contributed by atoms with E-state index >= 15 is 0 Å². The summed E-state index contributed by atoms with van der Waals surface area (Å²) in [7, 11) is 1.60. The molecule has 128 valence electrons. The second kappa shape index (κ2) is 7.81. The molecule has 0 saturated carbocycles. The molecule has 1 heterocycles. The maximum Gasteiger partial charge on any atom is 0.249 e. The van der Waals surface area contributed by atoms with E-state index in [1.807, 2.05) is 12.1 Å². The summed E-state index contributed by atoms with van der Waals surface area (Å²) in [5, 5.41) is 14.9. The Kier molecular flexibility index (Phi) is 5.30. The van der Waals surface area contributed by atoms with Crippen LogP contribution in [0.15, 0.2) is 48.7 Å². The van der Waals surface area contributed by atoms with Crippen molar-refractivity contribution >= 4 is 34.7 Å². The smallest absolute Gasteiger partial charge is 0.249 e. The third kappa shape index (κ3) is 4.36. The summed E-state index contributed by atoms with van der Waals surface area (Å²) in [6.45, 7) is 2.12. The molecule has 0 spiro atoms. The Morgan fingerprint density at radius 1 is 1.08 bits per heavy atom. The van der Waals surface area contributed by atoms with E-state index in [0.29, 0.717) is 28.2 Å². The molecule has 0 aliphatic carbocycles. The van der Waals surface area contributed by atoms with Crippen LogP contribution < -0.4 is 15.4 Å². The van der Waals surface area contributed by atoms with Crippen molar-refractivity contribution in [3.05, 3.63) is 59.2 Å². The first-order chi connectivity index (χ1) is 12.2. The zero-order valence-corrected chi connectivity index (χ0v) is 14.7. The molecule has 0 fully saturated rings. The molecule has 0 unspecified atom stereocenters. The van der Waals surface area contributed by atoms with Crippen LogP contribution in [0, 0.1) is 0 Å². The summed E-state index contributed by atoms with van der Waals surface area (Å²) < 4.78 is 5.32. The van der Waals surface area contributed by atoms with Crippen LogP contribution in [0.2, 0.25) is 5.02 Å². The first-order valence-electron chi connectivity index (χ1n) is 7.84. The lowest BCUT2D eigenvalue weighted by Crippen LogP contribution is -2.03. The van der Waals surface area contributed by atoms with E-state index in [9.17, 15) is 0 Å². The number of aryl methyl sites for hydroxylation is 1. The van der Waals surface area contributed by atoms with E-state index < -0.39 is 0 Å². The van der Waals surface area contributed by atoms with Crippen LogP contribution in [0.1, 0.15) is 12.5 Å². The molecule has 3 aromatic rings. The second-order valence-electron chi connectivity index (χ2n) is 5.31. The number of halogens is 1. The normalized spacial score (nSPS) is 10.4. The van der Waals surface area contributed by atoms with Crippen molar-refractivity contribution in [2.45, 2.75) is 13.3 Å². The predicted molar refractivity (Wildman–Crippen MR) is 100 cm³/mol. The molecular weight excluding hydrogens is 338 g/mol. The molecule has 2 N–H and O–H groups in total. The van der Waals surface area contributed by atoms with E-state index in [-0.39, 0.29) is 0 Å². The third-order valence-corrected chi connectivity index (χ3v) is 3.84. The Balaban J connectivity index is 1.78. The quantitative estimate of drug-likeness (QED) is 0.674. The number of benzene rings is 2. The Morgan fingerprint density at radius 2 is 1.88 bits per heavy atom. The van der Waals surface area contributed by atoms with Gasteiger partial charge < -0.3 is 15.4 Å². The Hall–Kier alpha value is -2.86. The SMILES string of the molecule is CCc1ccc(Nc2nncc(Nc3cc(Cl)ccc3OC)n2)cc1. The fraction of sp³-hybridized carbons (Fsp3) is 0.167. The van der Waals surface area contributed by atoms with Gasteiger partial charge in [0, 0.05) is 10.7 Å². The molecule has 0 saturated heterocycles. The first kappa shape index (κ1) is 17.0. The number of anilines is 4. The van der Waals surface area contributed by atoms with E-state index in [4.69, 9.17) is 16.3 Å². The maximum atomic E-state index is 6.05. The van der Waals surface area contributed by atoms with E-state index in [0.717, 1.165) is 12.1 Å². The summed E-state index contributed by atoms with van der Waals surface area (Å²) in [5.41, 5.74) is 2.87. The van der Waals surface area contributed by atoms with Gasteiger partial charge in [-0.05, 0) is 42.3 Å². The van der Waals surface area contributed by atoms with Gasteiger partial charge in [0.1, 0.15) is 5.75 Å². The molecule has 0 atom stereocenters. The van der Waals surface area contributed by atoms with Gasteiger partial charge in [-0.15, -0.1) is 5.10 Å². The van der Waals surface area contributed by atoms with Gasteiger partial charge in [0.15, 0.2) is 5.82 Å². The molecular formula is C18H18ClN5O. The molecule has 3 rings (SSSR count). The van der Waals surface area contributed by atoms with Gasteiger partial charge in [-0.2, -0.15) is 10.1 Å². The lowest BCUT2D eigenvalue weighted by Gasteiger charge is -2.11. The Labute approximate surface area is 151 Å². The Bertz CT molecular complexity index is 854. The number of nitrogens with one attached hydrogen (secondary N) is 2. The number of rotatable bonds is 6. The maximum absolute atomic E-state index is 6.05. The summed E-state index contributed by atoms with van der Waals surface area (Å²) >= 11 is 6.05. The zero-order chi connectivity index (χ0) is 17.6. The van der Waals surface area contributed by atoms with Gasteiger partial charge in [-0.25, -0.2) is 0 Å². The Morgan fingerprint density at radius 3 is 2.60 bits per heavy atom. The van der Waals surface area contributed by atoms with Crippen LogP contribution in [-0.2, 0) is 6.42 Å². The molecule has 6 nitrogen and oxygen atoms in total. The highest BCUT2D eigenvalue weighted by molar-refractivity contribution is 6.31. The highest BCUT2D eigenvalue weighted by atomic mass is 35.5. The predicted octanol–water partition coefficient (Wildman–Crippen LogP) is 4.58. The number of nitrogens with zero attached hydrogens (tertiary/aromatic N) is 3. The highest BCUT2D eigenvalue weighted by Gasteiger charge is 2.07. The fourth-order valence-corrected chi connectivity index (χ4v) is 2.46. The van der Waals surface area contributed by atoms with Crippen molar-refractivity contribution in [2.75, 3.05) is 17.7 Å². The second-order valence-corrected chi connectivity index (χ2v) is 5.75. The van der Waals surface area contributed by atoms with E-state index in [1.54, 1.807) is 25.3 Å². The van der Waals surface area contributed by atoms with Gasteiger partial charge in [0.2, 0.25) is 5.95 Å². The monoisotopic (exact) mass is 355 g/mol. The largest absolute Gasteiger partial charge is 0.495 e. The molecule has 2 aromatic carbocycles. The van der Waals surface area contributed by atoms with Crippen LogP contribution in [0.5, 0.6) is 5.75 Å². The highest BCUT2D eigenvalue weighted by Crippen LogP contribution is 2.30. The minimum atomic E-state index is 0.398. The summed E-state index contributed by atoms with van der Waals surface area (Å²) in [5.74, 6) is 1.59. The van der Waals surface area contributed by atoms with E-state index in [2.05, 4.69) is 44.9 Å². The van der Waals surface area contributed by atoms with Crippen LogP contribution in [-0.4, -0.2) is 22.3 Å². The number of ether oxygens (including phenoxy) is 1. The zero-order valence-electron chi connectivity index (χ0n) is 14.0. The summed E-state index contributed by atoms with van der Waals surface area (Å²) in [4.78, 5) is 4.42. The molecule has 0 aliphatic rings. The summed E-state index contributed by atoms with van der Waals surface area (Å²) in [6.07, 6.45) is 2.53. The standard InChI is InChI=1S/C18H18ClN5O/c1-3-12-4-7-14(8-5-12)21-18-23-17(11-20-24-18)22-15-10-13(19)6-9-16(15)25-2/h4-11H,3H2,1-2H3,(H2,21,22,23,24). The molecule has 0 bridgehead atoms. The van der Waals surface area contributed by atoms with Crippen molar-refractivity contribution < 1.29 is 4.74 Å². The minimum Gasteiger partial charge on any atom is -0.495 e. The molecule has 0 amide bonds. The van der Waals surface area contributed by atoms with Crippen molar-refractivity contribution in [3.8, 4) is 5.75 Å². The van der Waals surface area contributed by atoms with Crippen molar-refractivity contribution in [1.82, 2.24) is 15.2 Å². The van der Waals surface area contributed by atoms with Crippen molar-refractivity contribution in [2.24, 2.45) is 0 Å². The molecule has 0 aliphatic heterocycles. The molecule has 25 heavy (non-hydrogen) atoms. The lowest BCUT2D eigenvalue weighted by molar-refractivity contribution is 0.417. The van der Waals surface area contributed by atoms with Crippen molar-refractivity contribution in [3.63, 3.8) is 0 Å². The van der Waals surface area contributed by atoms with Crippen LogP contribution >= 0.6 is 11.6 Å². The van der Waals surface area contributed by atoms with Crippen molar-refractivity contribution in [1.29, 1.82) is 0 Å². The molecule has 7 heteroatoms. The molecule has 1 aromatic heterocycles. The third-order valence-electron chi connectivity index (χ3n) is 3.60. The lowest BCUT2D eigenvalue weighted by atomic mass is 10.1. The number of hydrogen-bond donors (Lipinski definition) is 2. The van der Waals surface area contributed by atoms with E-state index in [1.165, 1.54) is 11.8 Å². The van der Waals surface area contributed by atoms with Gasteiger partial charge >= 0.3 is 0 Å². The van der Waals surface area contributed by atoms with Crippen LogP contribution in [0.25, 0.3) is 0 Å². The molecule has 0 radical (unpaired) electrons. The first-order valence-corrected chi connectivity index (χ1v) is 8.22. The van der Waals surface area contributed by atoms with Crippen LogP contribution in [0.3, 0.4) is 0 Å². The summed E-state index contributed by atoms with van der Waals surface area (Å²) in [6, 6.07) is 13.4. The average molecular weight is 356 g/mol. The van der Waals surface area contributed by atoms with Gasteiger partial charge in [0.25, 0.3) is 0 Å². The number of aromatic nitrogens is 3. The average Bonchev–Trinajstić information content (AvgIpc) is 2.63. The van der Waals surface area contributed by atoms with Gasteiger partial charge in [0.05, 0.1) is 19.0 Å². The minimum absolute atomic E-state index is 0.398. The topological polar surface area (TPSA) is 72.0 Å². The number of methoxy groups -OCH3 is 1. The fourth-order valence-electron chi connectivity index (χ4n) is 2.29. The van der Waals surface area contributed by atoms with Gasteiger partial charge in [-0.1, -0.05) is 30.7 Å². The van der Waals surface area contributed by atoms with Gasteiger partial charge in [-0.3, -0.25) is 0 Å². The number of hydrogen-bond acceptors (Lipinski definition) is 6.